The average molecular weight is 194 g/mol. The molecule has 0 aromatic heterocycles. The fraction of sp³-hybridized carbons (Fsp3) is 1.00. The minimum Gasteiger partial charge on any atom is -0.303 e. The van der Waals surface area contributed by atoms with Crippen LogP contribution in [0.15, 0.2) is 0 Å². The number of phosphoric acid groups is 1. The third-order valence-electron chi connectivity index (χ3n) is 0. The quantitative estimate of drug-likeness (QED) is 0.386. The van der Waals surface area contributed by atoms with Crippen molar-refractivity contribution in [2.75, 3.05) is 0 Å². The predicted octanol–water partition coefficient (Wildman–Crippen LogP) is 0.445. The molecular weight excluding hydrogens is 182 g/mol. The molecule has 6 heteroatoms. The molecule has 0 spiro atoms. The molecule has 0 saturated carbocycles. The van der Waals surface area contributed by atoms with E-state index in [2.05, 4.69) is 20.8 Å². The summed E-state index contributed by atoms with van der Waals surface area (Å²) in [6, 6.07) is 0. The van der Waals surface area contributed by atoms with Gasteiger partial charge in [-0.25, -0.2) is 4.57 Å². The summed E-state index contributed by atoms with van der Waals surface area (Å²) in [4.78, 5) is 21.6. The molecule has 0 radical (unpaired) electrons. The first-order valence-corrected chi connectivity index (χ1v) is 5.91. The van der Waals surface area contributed by atoms with E-state index in [-0.39, 0.29) is 0 Å². The first kappa shape index (κ1) is 14.3. The molecule has 0 aliphatic carbocycles. The van der Waals surface area contributed by atoms with Gasteiger partial charge in [-0.1, -0.05) is 0 Å². The van der Waals surface area contributed by atoms with Crippen LogP contribution in [0.5, 0.6) is 0 Å². The summed E-state index contributed by atoms with van der Waals surface area (Å²) in [5.74, 6) is 0. The standard InChI is InChI=1S/C4H9.K.H3O4P/c1-4(2)3;;1-5(2,3)4/h1-3H3;;(H3,1,2,3,4). The summed E-state index contributed by atoms with van der Waals surface area (Å²) in [7, 11) is -4.64. The monoisotopic (exact) mass is 194 g/mol. The Labute approximate surface area is 94.9 Å². The van der Waals surface area contributed by atoms with Crippen molar-refractivity contribution in [3.63, 3.8) is 0 Å². The van der Waals surface area contributed by atoms with Crippen molar-refractivity contribution in [1.29, 1.82) is 0 Å². The van der Waals surface area contributed by atoms with Crippen molar-refractivity contribution < 1.29 is 19.2 Å². The third-order valence-corrected chi connectivity index (χ3v) is 0. The van der Waals surface area contributed by atoms with Crippen molar-refractivity contribution in [2.45, 2.75) is 20.3 Å². The summed E-state index contributed by atoms with van der Waals surface area (Å²) in [5.41, 5.74) is 0. The summed E-state index contributed by atoms with van der Waals surface area (Å²) >= 11 is 1.00. The molecule has 0 aromatic carbocycles. The Morgan fingerprint density at radius 1 is 1.20 bits per heavy atom. The second-order valence-corrected chi connectivity index (χ2v) is 9.22. The van der Waals surface area contributed by atoms with E-state index in [1.165, 1.54) is 0 Å². The minimum absolute atomic E-state index is 0.688. The molecule has 0 bridgehead atoms. The Hall–Kier alpha value is 1.75. The maximum absolute atomic E-state index is 8.88. The van der Waals surface area contributed by atoms with Gasteiger partial charge in [-0.15, -0.1) is 0 Å². The van der Waals surface area contributed by atoms with Crippen LogP contribution in [-0.2, 0) is 4.57 Å². The van der Waals surface area contributed by atoms with E-state index in [4.69, 9.17) is 19.2 Å². The summed E-state index contributed by atoms with van der Waals surface area (Å²) in [6.07, 6.45) is 0. The van der Waals surface area contributed by atoms with Crippen LogP contribution in [0.1, 0.15) is 20.8 Å². The number of hydrogen-bond acceptors (Lipinski definition) is 1. The van der Waals surface area contributed by atoms with E-state index in [9.17, 15) is 0 Å². The summed E-state index contributed by atoms with van der Waals surface area (Å²) < 4.78 is 9.57. The molecule has 0 fully saturated rings. The van der Waals surface area contributed by atoms with Crippen LogP contribution in [0.25, 0.3) is 0 Å². The van der Waals surface area contributed by atoms with Crippen LogP contribution in [0.2, 0.25) is -0.490 Å². The van der Waals surface area contributed by atoms with Gasteiger partial charge < -0.3 is 14.7 Å². The Balaban J connectivity index is 0. The molecule has 0 aliphatic rings. The summed E-state index contributed by atoms with van der Waals surface area (Å²) in [6.45, 7) is 6.81. The zero-order chi connectivity index (χ0) is 9.00. The van der Waals surface area contributed by atoms with E-state index in [0.29, 0.717) is -0.490 Å². The van der Waals surface area contributed by atoms with Gasteiger partial charge in [0.1, 0.15) is 0 Å². The van der Waals surface area contributed by atoms with Crippen LogP contribution in [0.4, 0.5) is 0 Å². The van der Waals surface area contributed by atoms with Gasteiger partial charge in [0.2, 0.25) is 0 Å². The predicted molar refractivity (Wildman–Crippen MR) is 39.7 cm³/mol. The molecular formula is C4H12KO4P. The van der Waals surface area contributed by atoms with Crippen molar-refractivity contribution in [3.8, 4) is 0 Å². The van der Waals surface area contributed by atoms with E-state index >= 15 is 0 Å². The van der Waals surface area contributed by atoms with Crippen molar-refractivity contribution in [2.24, 2.45) is 0 Å². The molecule has 3 N–H and O–H groups in total. The topological polar surface area (TPSA) is 77.8 Å². The first-order valence-electron chi connectivity index (χ1n) is 2.78. The fourth-order valence-electron chi connectivity index (χ4n) is 0. The van der Waals surface area contributed by atoms with Gasteiger partial charge in [-0.3, -0.25) is 0 Å². The Morgan fingerprint density at radius 2 is 1.20 bits per heavy atom. The van der Waals surface area contributed by atoms with Gasteiger partial charge >= 0.3 is 77.1 Å². The van der Waals surface area contributed by atoms with E-state index in [1.807, 2.05) is 0 Å². The molecule has 4 nitrogen and oxygen atoms in total. The third kappa shape index (κ3) is 244. The molecule has 0 rings (SSSR count). The molecule has 0 aromatic rings. The zero-order valence-corrected chi connectivity index (χ0v) is 10.7. The average Bonchev–Trinajstić information content (AvgIpc) is 1.12. The molecule has 58 valence electrons. The van der Waals surface area contributed by atoms with Gasteiger partial charge in [-0.05, 0) is 0 Å². The SMILES string of the molecule is C[C](C)(C)[K].O=P(O)(O)O. The second-order valence-electron chi connectivity index (χ2n) is 3.51. The number of hydrogen-bond donors (Lipinski definition) is 3. The van der Waals surface area contributed by atoms with Gasteiger partial charge in [0.25, 0.3) is 0 Å². The van der Waals surface area contributed by atoms with Gasteiger partial charge in [-0.2, -0.15) is 0 Å². The maximum atomic E-state index is 8.88. The van der Waals surface area contributed by atoms with E-state index in [1.54, 1.807) is 0 Å². The van der Waals surface area contributed by atoms with Crippen LogP contribution in [0, 0.1) is 0 Å². The van der Waals surface area contributed by atoms with Gasteiger partial charge in [0.05, 0.1) is 0 Å². The Bertz CT molecular complexity index is 109. The van der Waals surface area contributed by atoms with Gasteiger partial charge in [0, 0.05) is 0 Å². The fourth-order valence-corrected chi connectivity index (χ4v) is 0. The van der Waals surface area contributed by atoms with Crippen LogP contribution in [-0.4, -0.2) is 63.6 Å². The van der Waals surface area contributed by atoms with Crippen molar-refractivity contribution in [1.82, 2.24) is 0 Å². The normalized spacial score (nSPS) is 12.0. The molecule has 10 heavy (non-hydrogen) atoms. The molecule has 0 saturated heterocycles. The molecule has 0 unspecified atom stereocenters. The Kier molecular flexibility index (Phi) is 7.71. The van der Waals surface area contributed by atoms with Crippen LogP contribution < -0.4 is 0 Å². The minimum atomic E-state index is -4.64. The molecule has 0 amide bonds. The van der Waals surface area contributed by atoms with Gasteiger partial charge in [0.15, 0.2) is 0 Å². The smallest absolute Gasteiger partial charge is 0.303 e. The zero-order valence-electron chi connectivity index (χ0n) is 6.70. The second kappa shape index (κ2) is 5.40. The summed E-state index contributed by atoms with van der Waals surface area (Å²) in [5, 5.41) is 0. The first-order chi connectivity index (χ1) is 4.00. The molecule has 0 heterocycles. The largest absolute Gasteiger partial charge is 0.466 e. The van der Waals surface area contributed by atoms with E-state index in [0.717, 1.165) is 49.0 Å². The van der Waals surface area contributed by atoms with Crippen molar-refractivity contribution >= 4 is 56.8 Å². The van der Waals surface area contributed by atoms with E-state index < -0.39 is 7.82 Å². The van der Waals surface area contributed by atoms with Crippen LogP contribution in [0.3, 0.4) is 0 Å². The number of rotatable bonds is 0. The van der Waals surface area contributed by atoms with Crippen LogP contribution >= 0.6 is 7.82 Å². The Morgan fingerprint density at radius 3 is 1.20 bits per heavy atom. The maximum Gasteiger partial charge on any atom is 0.466 e. The molecule has 0 aliphatic heterocycles. The van der Waals surface area contributed by atoms with Crippen molar-refractivity contribution in [3.05, 3.63) is 0 Å². The molecule has 0 atom stereocenters.